The van der Waals surface area contributed by atoms with Gasteiger partial charge >= 0.3 is 6.18 Å². The second-order valence-corrected chi connectivity index (χ2v) is 7.05. The van der Waals surface area contributed by atoms with E-state index in [0.717, 1.165) is 11.3 Å². The third-order valence-corrected chi connectivity index (χ3v) is 5.38. The maximum Gasteiger partial charge on any atom is 0.391 e. The minimum atomic E-state index is -4.09. The van der Waals surface area contributed by atoms with Crippen LogP contribution in [0, 0.1) is 22.0 Å². The van der Waals surface area contributed by atoms with Gasteiger partial charge in [0.05, 0.1) is 21.6 Å². The fraction of sp³-hybridized carbons (Fsp3) is 0.625. The average Bonchev–Trinajstić information content (AvgIpc) is 2.90. The second kappa shape index (κ2) is 6.43. The maximum absolute atomic E-state index is 12.7. The summed E-state index contributed by atoms with van der Waals surface area (Å²) in [5.74, 6) is -0.966. The molecule has 132 valence electrons. The number of halogens is 4. The molecule has 1 aliphatic carbocycles. The van der Waals surface area contributed by atoms with Crippen LogP contribution in [0.15, 0.2) is 12.1 Å². The van der Waals surface area contributed by atoms with Crippen LogP contribution in [0.1, 0.15) is 31.2 Å². The SMILES string of the molecule is O=[N+]([O-])c1cc(Cl)c2c(c1)CCN2CC1CCC(C(F)(F)F)CC1. The molecule has 1 fully saturated rings. The number of hydrogen-bond acceptors (Lipinski definition) is 3. The summed E-state index contributed by atoms with van der Waals surface area (Å²) in [6, 6.07) is 2.89. The molecule has 1 aromatic rings. The first-order chi connectivity index (χ1) is 11.3. The van der Waals surface area contributed by atoms with Crippen molar-refractivity contribution in [1.29, 1.82) is 0 Å². The Bertz CT molecular complexity index is 643. The van der Waals surface area contributed by atoms with Crippen LogP contribution in [-0.2, 0) is 6.42 Å². The quantitative estimate of drug-likeness (QED) is 0.562. The molecule has 2 aliphatic rings. The number of alkyl halides is 3. The monoisotopic (exact) mass is 362 g/mol. The molecule has 1 aliphatic heterocycles. The first-order valence-electron chi connectivity index (χ1n) is 8.04. The molecule has 0 saturated heterocycles. The van der Waals surface area contributed by atoms with Crippen molar-refractivity contribution >= 4 is 23.0 Å². The predicted molar refractivity (Wildman–Crippen MR) is 85.5 cm³/mol. The number of nitro groups is 1. The van der Waals surface area contributed by atoms with E-state index in [-0.39, 0.29) is 24.4 Å². The number of fused-ring (bicyclic) bond motifs is 1. The molecule has 1 saturated carbocycles. The van der Waals surface area contributed by atoms with Crippen molar-refractivity contribution in [3.63, 3.8) is 0 Å². The van der Waals surface area contributed by atoms with Crippen molar-refractivity contribution in [2.45, 2.75) is 38.3 Å². The van der Waals surface area contributed by atoms with Crippen molar-refractivity contribution in [3.05, 3.63) is 32.8 Å². The van der Waals surface area contributed by atoms with E-state index in [9.17, 15) is 23.3 Å². The van der Waals surface area contributed by atoms with Gasteiger partial charge in [-0.05, 0) is 43.6 Å². The molecule has 0 N–H and O–H groups in total. The Morgan fingerprint density at radius 3 is 2.50 bits per heavy atom. The summed E-state index contributed by atoms with van der Waals surface area (Å²) in [4.78, 5) is 12.5. The van der Waals surface area contributed by atoms with E-state index >= 15 is 0 Å². The van der Waals surface area contributed by atoms with Crippen molar-refractivity contribution in [2.75, 3.05) is 18.0 Å². The zero-order valence-corrected chi connectivity index (χ0v) is 13.7. The van der Waals surface area contributed by atoms with Gasteiger partial charge < -0.3 is 4.90 Å². The van der Waals surface area contributed by atoms with E-state index in [1.54, 1.807) is 6.07 Å². The van der Waals surface area contributed by atoms with Gasteiger partial charge in [-0.15, -0.1) is 0 Å². The molecule has 8 heteroatoms. The largest absolute Gasteiger partial charge is 0.391 e. The van der Waals surface area contributed by atoms with Crippen LogP contribution in [0.25, 0.3) is 0 Å². The van der Waals surface area contributed by atoms with Gasteiger partial charge in [-0.25, -0.2) is 0 Å². The van der Waals surface area contributed by atoms with E-state index in [4.69, 9.17) is 11.6 Å². The van der Waals surface area contributed by atoms with Crippen LogP contribution < -0.4 is 4.90 Å². The van der Waals surface area contributed by atoms with Gasteiger partial charge in [0.15, 0.2) is 0 Å². The van der Waals surface area contributed by atoms with Crippen molar-refractivity contribution in [2.24, 2.45) is 11.8 Å². The summed E-state index contributed by atoms with van der Waals surface area (Å²) in [7, 11) is 0. The topological polar surface area (TPSA) is 46.4 Å². The number of rotatable bonds is 3. The maximum atomic E-state index is 12.7. The third kappa shape index (κ3) is 3.45. The van der Waals surface area contributed by atoms with E-state index in [1.165, 1.54) is 6.07 Å². The number of benzene rings is 1. The van der Waals surface area contributed by atoms with Gasteiger partial charge in [0.25, 0.3) is 5.69 Å². The Kier molecular flexibility index (Phi) is 4.64. The molecule has 1 heterocycles. The van der Waals surface area contributed by atoms with Crippen molar-refractivity contribution in [3.8, 4) is 0 Å². The first kappa shape index (κ1) is 17.3. The normalized spacial score (nSPS) is 24.1. The molecule has 0 bridgehead atoms. The zero-order chi connectivity index (χ0) is 17.5. The van der Waals surface area contributed by atoms with Gasteiger partial charge in [-0.3, -0.25) is 10.1 Å². The number of nitrogens with zero attached hydrogens (tertiary/aromatic N) is 2. The smallest absolute Gasteiger partial charge is 0.369 e. The molecule has 1 aromatic carbocycles. The fourth-order valence-corrected chi connectivity index (χ4v) is 4.18. The first-order valence-corrected chi connectivity index (χ1v) is 8.42. The fourth-order valence-electron chi connectivity index (χ4n) is 3.82. The molecule has 0 amide bonds. The number of hydrogen-bond donors (Lipinski definition) is 0. The molecular weight excluding hydrogens is 345 g/mol. The van der Waals surface area contributed by atoms with Gasteiger partial charge in [0, 0.05) is 25.2 Å². The van der Waals surface area contributed by atoms with Crippen LogP contribution in [0.4, 0.5) is 24.5 Å². The lowest BCUT2D eigenvalue weighted by Gasteiger charge is -2.33. The van der Waals surface area contributed by atoms with Crippen LogP contribution in [-0.4, -0.2) is 24.2 Å². The minimum absolute atomic E-state index is 0.0220. The Morgan fingerprint density at radius 1 is 1.25 bits per heavy atom. The third-order valence-electron chi connectivity index (χ3n) is 5.09. The summed E-state index contributed by atoms with van der Waals surface area (Å²) in [6.45, 7) is 1.37. The molecule has 4 nitrogen and oxygen atoms in total. The average molecular weight is 363 g/mol. The Morgan fingerprint density at radius 2 is 1.92 bits per heavy atom. The summed E-state index contributed by atoms with van der Waals surface area (Å²) >= 11 is 6.22. The number of nitro benzene ring substituents is 1. The highest BCUT2D eigenvalue weighted by atomic mass is 35.5. The molecule has 0 spiro atoms. The molecule has 0 radical (unpaired) electrons. The van der Waals surface area contributed by atoms with E-state index in [1.807, 2.05) is 0 Å². The Labute approximate surface area is 142 Å². The predicted octanol–water partition coefficient (Wildman–Crippen LogP) is 4.98. The summed E-state index contributed by atoms with van der Waals surface area (Å²) < 4.78 is 38.2. The molecule has 0 atom stereocenters. The van der Waals surface area contributed by atoms with Crippen LogP contribution in [0.2, 0.25) is 5.02 Å². The molecular formula is C16H18ClF3N2O2. The van der Waals surface area contributed by atoms with E-state index in [0.29, 0.717) is 37.4 Å². The van der Waals surface area contributed by atoms with Gasteiger partial charge in [0.1, 0.15) is 0 Å². The molecule has 0 aromatic heterocycles. The summed E-state index contributed by atoms with van der Waals surface area (Å²) in [5, 5.41) is 11.3. The standard InChI is InChI=1S/C16H18ClF3N2O2/c17-14-8-13(22(23)24)7-11-5-6-21(15(11)14)9-10-1-3-12(4-2-10)16(18,19)20/h7-8,10,12H,1-6,9H2. The highest BCUT2D eigenvalue weighted by molar-refractivity contribution is 6.33. The summed E-state index contributed by atoms with van der Waals surface area (Å²) in [6.07, 6.45) is -1.94. The minimum Gasteiger partial charge on any atom is -0.369 e. The zero-order valence-electron chi connectivity index (χ0n) is 13.0. The number of non-ortho nitro benzene ring substituents is 1. The van der Waals surface area contributed by atoms with E-state index < -0.39 is 17.0 Å². The van der Waals surface area contributed by atoms with Crippen LogP contribution in [0.3, 0.4) is 0 Å². The van der Waals surface area contributed by atoms with Gasteiger partial charge in [0.2, 0.25) is 0 Å². The molecule has 3 rings (SSSR count). The number of anilines is 1. The van der Waals surface area contributed by atoms with E-state index in [2.05, 4.69) is 4.90 Å². The van der Waals surface area contributed by atoms with Crippen molar-refractivity contribution < 1.29 is 18.1 Å². The van der Waals surface area contributed by atoms with Crippen LogP contribution in [0.5, 0.6) is 0 Å². The Hall–Kier alpha value is -1.50. The molecule has 0 unspecified atom stereocenters. The van der Waals surface area contributed by atoms with Gasteiger partial charge in [-0.1, -0.05) is 11.6 Å². The highest BCUT2D eigenvalue weighted by Crippen LogP contribution is 2.42. The van der Waals surface area contributed by atoms with Gasteiger partial charge in [-0.2, -0.15) is 13.2 Å². The van der Waals surface area contributed by atoms with Crippen molar-refractivity contribution in [1.82, 2.24) is 0 Å². The second-order valence-electron chi connectivity index (χ2n) is 6.65. The lowest BCUT2D eigenvalue weighted by molar-refractivity contribution is -0.384. The van der Waals surface area contributed by atoms with Crippen LogP contribution >= 0.6 is 11.6 Å². The molecule has 24 heavy (non-hydrogen) atoms. The summed E-state index contributed by atoms with van der Waals surface area (Å²) in [5.41, 5.74) is 1.63. The highest BCUT2D eigenvalue weighted by Gasteiger charge is 2.41. The lowest BCUT2D eigenvalue weighted by atomic mass is 9.81. The Balaban J connectivity index is 1.67. The lowest BCUT2D eigenvalue weighted by Crippen LogP contribution is -2.33.